The van der Waals surface area contributed by atoms with Crippen molar-refractivity contribution in [2.45, 2.75) is 13.5 Å². The van der Waals surface area contributed by atoms with Crippen LogP contribution in [0.1, 0.15) is 18.1 Å². The summed E-state index contributed by atoms with van der Waals surface area (Å²) in [6.45, 7) is 2.30. The molecule has 31 heavy (non-hydrogen) atoms. The molecule has 0 bridgehead atoms. The summed E-state index contributed by atoms with van der Waals surface area (Å²) in [4.78, 5) is 0. The quantitative estimate of drug-likeness (QED) is 0.255. The normalized spacial score (nSPS) is 10.7. The van der Waals surface area contributed by atoms with Crippen LogP contribution in [0.5, 0.6) is 11.5 Å². The molecule has 0 unspecified atom stereocenters. The van der Waals surface area contributed by atoms with Crippen molar-refractivity contribution in [3.05, 3.63) is 88.7 Å². The van der Waals surface area contributed by atoms with E-state index in [1.807, 2.05) is 37.3 Å². The van der Waals surface area contributed by atoms with Crippen molar-refractivity contribution < 1.29 is 13.9 Å². The Morgan fingerprint density at radius 2 is 1.87 bits per heavy atom. The van der Waals surface area contributed by atoms with Gasteiger partial charge in [-0.05, 0) is 67.2 Å². The SMILES string of the molecule is CCOc1cc(/C=N/NC(=S)Nc2ccccc2)ccc1OCc1c(F)cccc1Cl. The third-order valence-electron chi connectivity index (χ3n) is 4.11. The molecule has 160 valence electrons. The van der Waals surface area contributed by atoms with Crippen LogP contribution >= 0.6 is 23.8 Å². The van der Waals surface area contributed by atoms with Crippen LogP contribution in [0, 0.1) is 5.82 Å². The number of ether oxygens (including phenoxy) is 2. The van der Waals surface area contributed by atoms with Gasteiger partial charge in [-0.15, -0.1) is 0 Å². The van der Waals surface area contributed by atoms with Gasteiger partial charge in [-0.25, -0.2) is 4.39 Å². The molecule has 0 saturated heterocycles. The largest absolute Gasteiger partial charge is 0.490 e. The Morgan fingerprint density at radius 1 is 1.06 bits per heavy atom. The van der Waals surface area contributed by atoms with E-state index in [0.717, 1.165) is 11.3 Å². The molecule has 0 aromatic heterocycles. The van der Waals surface area contributed by atoms with E-state index in [1.54, 1.807) is 36.5 Å². The molecule has 0 fully saturated rings. The number of benzene rings is 3. The standard InChI is InChI=1S/C23H21ClFN3O2S/c1-2-29-22-13-16(14-26-28-23(31)27-17-7-4-3-5-8-17)11-12-21(22)30-15-18-19(24)9-6-10-20(18)25/h3-14H,2,15H2,1H3,(H2,27,28,31)/b26-14+. The molecule has 0 radical (unpaired) electrons. The second kappa shape index (κ2) is 11.3. The Kier molecular flexibility index (Phi) is 8.20. The molecule has 2 N–H and O–H groups in total. The molecular formula is C23H21ClFN3O2S. The minimum Gasteiger partial charge on any atom is -0.490 e. The summed E-state index contributed by atoms with van der Waals surface area (Å²) in [7, 11) is 0. The molecule has 5 nitrogen and oxygen atoms in total. The summed E-state index contributed by atoms with van der Waals surface area (Å²) < 4.78 is 25.4. The topological polar surface area (TPSA) is 54.9 Å². The summed E-state index contributed by atoms with van der Waals surface area (Å²) in [5.41, 5.74) is 4.70. The Balaban J connectivity index is 1.64. The van der Waals surface area contributed by atoms with Crippen LogP contribution in [0.4, 0.5) is 10.1 Å². The van der Waals surface area contributed by atoms with Crippen molar-refractivity contribution in [2.75, 3.05) is 11.9 Å². The highest BCUT2D eigenvalue weighted by molar-refractivity contribution is 7.80. The number of hydrogen-bond acceptors (Lipinski definition) is 4. The molecule has 0 saturated carbocycles. The van der Waals surface area contributed by atoms with Crippen molar-refractivity contribution in [3.8, 4) is 11.5 Å². The number of nitrogens with zero attached hydrogens (tertiary/aromatic N) is 1. The highest BCUT2D eigenvalue weighted by Crippen LogP contribution is 2.30. The number of para-hydroxylation sites is 1. The molecule has 0 atom stereocenters. The lowest BCUT2D eigenvalue weighted by atomic mass is 10.2. The van der Waals surface area contributed by atoms with Gasteiger partial charge < -0.3 is 14.8 Å². The fourth-order valence-electron chi connectivity index (χ4n) is 2.66. The van der Waals surface area contributed by atoms with Gasteiger partial charge in [0.2, 0.25) is 0 Å². The first-order valence-electron chi connectivity index (χ1n) is 9.54. The summed E-state index contributed by atoms with van der Waals surface area (Å²) >= 11 is 11.3. The van der Waals surface area contributed by atoms with Gasteiger partial charge in [0.15, 0.2) is 16.6 Å². The molecule has 0 amide bonds. The predicted molar refractivity (Wildman–Crippen MR) is 127 cm³/mol. The van der Waals surface area contributed by atoms with Gasteiger partial charge in [-0.1, -0.05) is 35.9 Å². The van der Waals surface area contributed by atoms with Crippen LogP contribution in [-0.4, -0.2) is 17.9 Å². The van der Waals surface area contributed by atoms with E-state index in [-0.39, 0.29) is 6.61 Å². The monoisotopic (exact) mass is 457 g/mol. The first kappa shape index (κ1) is 22.5. The molecular weight excluding hydrogens is 437 g/mol. The third-order valence-corrected chi connectivity index (χ3v) is 4.66. The lowest BCUT2D eigenvalue weighted by Gasteiger charge is -2.13. The maximum atomic E-state index is 14.0. The van der Waals surface area contributed by atoms with Gasteiger partial charge in [0.05, 0.1) is 17.8 Å². The first-order valence-corrected chi connectivity index (χ1v) is 10.3. The van der Waals surface area contributed by atoms with Crippen LogP contribution < -0.4 is 20.2 Å². The van der Waals surface area contributed by atoms with E-state index in [9.17, 15) is 4.39 Å². The minimum absolute atomic E-state index is 0.0139. The average Bonchev–Trinajstić information content (AvgIpc) is 2.75. The highest BCUT2D eigenvalue weighted by Gasteiger charge is 2.11. The van der Waals surface area contributed by atoms with Crippen molar-refractivity contribution in [1.29, 1.82) is 0 Å². The molecule has 3 aromatic rings. The van der Waals surface area contributed by atoms with E-state index < -0.39 is 5.82 Å². The maximum Gasteiger partial charge on any atom is 0.191 e. The second-order valence-corrected chi connectivity index (χ2v) is 7.13. The molecule has 0 aliphatic carbocycles. The Labute approximate surface area is 190 Å². The van der Waals surface area contributed by atoms with Crippen LogP contribution in [-0.2, 0) is 6.61 Å². The predicted octanol–water partition coefficient (Wildman–Crippen LogP) is 5.78. The van der Waals surface area contributed by atoms with E-state index >= 15 is 0 Å². The molecule has 0 spiro atoms. The zero-order valence-electron chi connectivity index (χ0n) is 16.8. The second-order valence-electron chi connectivity index (χ2n) is 6.32. The van der Waals surface area contributed by atoms with Crippen LogP contribution in [0.15, 0.2) is 71.8 Å². The highest BCUT2D eigenvalue weighted by atomic mass is 35.5. The Hall–Kier alpha value is -3.16. The van der Waals surface area contributed by atoms with E-state index in [2.05, 4.69) is 15.8 Å². The summed E-state index contributed by atoms with van der Waals surface area (Å²) in [5.74, 6) is 0.580. The lowest BCUT2D eigenvalue weighted by molar-refractivity contribution is 0.266. The fourth-order valence-corrected chi connectivity index (χ4v) is 3.05. The molecule has 0 heterocycles. The lowest BCUT2D eigenvalue weighted by Crippen LogP contribution is -2.23. The van der Waals surface area contributed by atoms with Crippen LogP contribution in [0.25, 0.3) is 0 Å². The number of hydrazone groups is 1. The van der Waals surface area contributed by atoms with E-state index in [0.29, 0.717) is 33.8 Å². The van der Waals surface area contributed by atoms with Crippen molar-refractivity contribution in [3.63, 3.8) is 0 Å². The molecule has 8 heteroatoms. The van der Waals surface area contributed by atoms with Crippen LogP contribution in [0.3, 0.4) is 0 Å². The van der Waals surface area contributed by atoms with Gasteiger partial charge >= 0.3 is 0 Å². The number of rotatable bonds is 8. The van der Waals surface area contributed by atoms with Gasteiger partial charge in [-0.3, -0.25) is 5.43 Å². The Bertz CT molecular complexity index is 1040. The number of thiocarbonyl (C=S) groups is 1. The van der Waals surface area contributed by atoms with Crippen molar-refractivity contribution in [1.82, 2.24) is 5.43 Å². The molecule has 0 aliphatic rings. The molecule has 3 aromatic carbocycles. The minimum atomic E-state index is -0.416. The number of nitrogens with one attached hydrogen (secondary N) is 2. The molecule has 3 rings (SSSR count). The van der Waals surface area contributed by atoms with Gasteiger partial charge in [0, 0.05) is 11.3 Å². The molecule has 0 aliphatic heterocycles. The smallest absolute Gasteiger partial charge is 0.191 e. The number of hydrogen-bond donors (Lipinski definition) is 2. The van der Waals surface area contributed by atoms with Crippen LogP contribution in [0.2, 0.25) is 5.02 Å². The summed E-state index contributed by atoms with van der Waals surface area (Å²) in [6, 6.07) is 19.4. The van der Waals surface area contributed by atoms with Crippen molar-refractivity contribution in [2.24, 2.45) is 5.10 Å². The first-order chi connectivity index (χ1) is 15.1. The fraction of sp³-hybridized carbons (Fsp3) is 0.130. The average molecular weight is 458 g/mol. The van der Waals surface area contributed by atoms with Gasteiger partial charge in [0.1, 0.15) is 12.4 Å². The zero-order valence-corrected chi connectivity index (χ0v) is 18.3. The number of anilines is 1. The van der Waals surface area contributed by atoms with Gasteiger partial charge in [0.25, 0.3) is 0 Å². The Morgan fingerprint density at radius 3 is 2.61 bits per heavy atom. The third kappa shape index (κ3) is 6.67. The van der Waals surface area contributed by atoms with E-state index in [1.165, 1.54) is 6.07 Å². The van der Waals surface area contributed by atoms with Crippen molar-refractivity contribution >= 4 is 40.8 Å². The maximum absolute atomic E-state index is 14.0. The van der Waals surface area contributed by atoms with Gasteiger partial charge in [-0.2, -0.15) is 5.10 Å². The van der Waals surface area contributed by atoms with E-state index in [4.69, 9.17) is 33.3 Å². The number of halogens is 2. The summed E-state index contributed by atoms with van der Waals surface area (Å²) in [5, 5.41) is 7.86. The zero-order chi connectivity index (χ0) is 22.1. The summed E-state index contributed by atoms with van der Waals surface area (Å²) in [6.07, 6.45) is 1.61.